The largest absolute Gasteiger partial charge is 0.409 e. The van der Waals surface area contributed by atoms with E-state index in [2.05, 4.69) is 38.2 Å². The quantitative estimate of drug-likeness (QED) is 0.0307. The van der Waals surface area contributed by atoms with Crippen molar-refractivity contribution in [3.05, 3.63) is 24.3 Å². The number of ether oxygens (including phenoxy) is 2. The highest BCUT2D eigenvalue weighted by Crippen LogP contribution is 2.19. The van der Waals surface area contributed by atoms with Gasteiger partial charge in [-0.15, -0.1) is 0 Å². The zero-order chi connectivity index (χ0) is 33.8. The minimum Gasteiger partial charge on any atom is -0.409 e. The summed E-state index contributed by atoms with van der Waals surface area (Å²) in [7, 11) is 0. The molecule has 0 aromatic carbocycles. The molecule has 0 bridgehead atoms. The lowest BCUT2D eigenvalue weighted by molar-refractivity contribution is -0.230. The second kappa shape index (κ2) is 34.7. The Hall–Kier alpha value is -1.66. The first-order chi connectivity index (χ1) is 22.5. The van der Waals surface area contributed by atoms with Gasteiger partial charge in [-0.2, -0.15) is 0 Å². The maximum Gasteiger partial charge on any atom is 0.315 e. The van der Waals surface area contributed by atoms with Crippen molar-refractivity contribution in [3.63, 3.8) is 0 Å². The summed E-state index contributed by atoms with van der Waals surface area (Å²) >= 11 is 0. The van der Waals surface area contributed by atoms with Crippen molar-refractivity contribution in [2.75, 3.05) is 6.54 Å². The van der Waals surface area contributed by atoms with Crippen LogP contribution in [0.25, 0.3) is 0 Å². The summed E-state index contributed by atoms with van der Waals surface area (Å²) in [6.07, 6.45) is 41.9. The first-order valence-electron chi connectivity index (χ1n) is 19.7. The third kappa shape index (κ3) is 32.3. The summed E-state index contributed by atoms with van der Waals surface area (Å²) in [6, 6.07) is 0. The maximum absolute atomic E-state index is 12.5. The lowest BCUT2D eigenvalue weighted by Gasteiger charge is -2.28. The molecule has 0 aliphatic heterocycles. The molecule has 0 amide bonds. The van der Waals surface area contributed by atoms with Crippen LogP contribution < -0.4 is 11.5 Å². The lowest BCUT2D eigenvalue weighted by Crippen LogP contribution is -2.49. The number of hydrogen-bond acceptors (Lipinski definition) is 6. The Morgan fingerprint density at radius 2 is 0.783 bits per heavy atom. The number of carbonyl (C=O) groups excluding carboxylic acids is 2. The Morgan fingerprint density at radius 3 is 1.11 bits per heavy atom. The summed E-state index contributed by atoms with van der Waals surface area (Å²) in [6.45, 7) is 4.90. The van der Waals surface area contributed by atoms with Crippen LogP contribution in [0.15, 0.2) is 24.3 Å². The predicted molar refractivity (Wildman–Crippen MR) is 196 cm³/mol. The van der Waals surface area contributed by atoms with Gasteiger partial charge in [-0.1, -0.05) is 141 Å². The molecule has 0 aliphatic rings. The molecule has 4 N–H and O–H groups in total. The molecule has 6 nitrogen and oxygen atoms in total. The first-order valence-corrected chi connectivity index (χ1v) is 19.7. The summed E-state index contributed by atoms with van der Waals surface area (Å²) in [5, 5.41) is 0. The molecular weight excluding hydrogens is 572 g/mol. The number of nitrogens with two attached hydrogens (primary N) is 2. The maximum atomic E-state index is 12.5. The second-order valence-corrected chi connectivity index (χ2v) is 13.3. The minimum atomic E-state index is -1.72. The molecule has 0 unspecified atom stereocenters. The summed E-state index contributed by atoms with van der Waals surface area (Å²) in [5.74, 6) is -2.55. The zero-order valence-electron chi connectivity index (χ0n) is 30.5. The summed E-state index contributed by atoms with van der Waals surface area (Å²) in [4.78, 5) is 25.0. The van der Waals surface area contributed by atoms with Gasteiger partial charge < -0.3 is 15.2 Å². The second-order valence-electron chi connectivity index (χ2n) is 13.3. The smallest absolute Gasteiger partial charge is 0.315 e. The van der Waals surface area contributed by atoms with Crippen LogP contribution in [-0.4, -0.2) is 24.4 Å². The molecule has 0 radical (unpaired) electrons. The van der Waals surface area contributed by atoms with E-state index in [0.717, 1.165) is 51.4 Å². The van der Waals surface area contributed by atoms with Crippen LogP contribution in [0.2, 0.25) is 0 Å². The molecule has 0 spiro atoms. The van der Waals surface area contributed by atoms with E-state index < -0.39 is 17.8 Å². The van der Waals surface area contributed by atoms with Gasteiger partial charge in [0.25, 0.3) is 0 Å². The summed E-state index contributed by atoms with van der Waals surface area (Å²) in [5.41, 5.74) is 11.9. The van der Waals surface area contributed by atoms with Crippen LogP contribution >= 0.6 is 0 Å². The van der Waals surface area contributed by atoms with Gasteiger partial charge in [0.1, 0.15) is 0 Å². The zero-order valence-corrected chi connectivity index (χ0v) is 30.5. The van der Waals surface area contributed by atoms with Crippen LogP contribution in [0.3, 0.4) is 0 Å². The molecule has 0 fully saturated rings. The van der Waals surface area contributed by atoms with Crippen LogP contribution in [0.5, 0.6) is 0 Å². The van der Waals surface area contributed by atoms with Crippen molar-refractivity contribution in [2.24, 2.45) is 11.5 Å². The molecule has 46 heavy (non-hydrogen) atoms. The number of carbonyl (C=O) groups is 2. The van der Waals surface area contributed by atoms with E-state index in [1.54, 1.807) is 0 Å². The Bertz CT molecular complexity index is 683. The van der Waals surface area contributed by atoms with Gasteiger partial charge in [0.05, 0.1) is 0 Å². The average molecular weight is 649 g/mol. The molecule has 0 aliphatic carbocycles. The van der Waals surface area contributed by atoms with E-state index in [1.807, 2.05) is 0 Å². The van der Waals surface area contributed by atoms with Gasteiger partial charge in [0.2, 0.25) is 0 Å². The van der Waals surface area contributed by atoms with Gasteiger partial charge in [0.15, 0.2) is 0 Å². The average Bonchev–Trinajstić information content (AvgIpc) is 3.03. The fourth-order valence-corrected chi connectivity index (χ4v) is 5.64. The highest BCUT2D eigenvalue weighted by Gasteiger charge is 2.33. The normalized spacial score (nSPS) is 13.0. The topological polar surface area (TPSA) is 105 Å². The Labute approximate surface area is 285 Å². The van der Waals surface area contributed by atoms with Crippen molar-refractivity contribution in [1.82, 2.24) is 0 Å². The van der Waals surface area contributed by atoms with Gasteiger partial charge in [-0.05, 0) is 77.2 Å². The molecule has 0 aromatic rings. The van der Waals surface area contributed by atoms with E-state index in [0.29, 0.717) is 13.0 Å². The highest BCUT2D eigenvalue weighted by molar-refractivity contribution is 5.71. The molecule has 0 saturated carbocycles. The first kappa shape index (κ1) is 44.3. The van der Waals surface area contributed by atoms with E-state index in [1.165, 1.54) is 116 Å². The highest BCUT2D eigenvalue weighted by atomic mass is 16.7. The number of allylic oxidation sites excluding steroid dienone is 4. The molecule has 6 heteroatoms. The fraction of sp³-hybridized carbons (Fsp3) is 0.850. The number of hydrogen-bond donors (Lipinski definition) is 2. The van der Waals surface area contributed by atoms with Crippen LogP contribution in [0.1, 0.15) is 206 Å². The summed E-state index contributed by atoms with van der Waals surface area (Å²) < 4.78 is 11.0. The Kier molecular flexibility index (Phi) is 33.4. The standard InChI is InChI=1S/C40H76N2O4/c1-3-5-7-9-11-13-15-17-19-21-23-25-27-29-31-34-38(43)45-40(42,36-33-37-41)46-39(44)35-32-30-28-26-24-22-20-18-16-14-12-10-8-6-4-2/h17-20H,3-16,21-37,41-42H2,1-2H3. The molecule has 0 saturated heterocycles. The Balaban J connectivity index is 3.93. The molecule has 0 aromatic heterocycles. The molecule has 270 valence electrons. The van der Waals surface area contributed by atoms with E-state index in [9.17, 15) is 9.59 Å². The monoisotopic (exact) mass is 649 g/mol. The minimum absolute atomic E-state index is 0.208. The van der Waals surface area contributed by atoms with Crippen LogP contribution in [0.4, 0.5) is 0 Å². The number of rotatable bonds is 35. The fourth-order valence-electron chi connectivity index (χ4n) is 5.64. The van der Waals surface area contributed by atoms with Crippen LogP contribution in [-0.2, 0) is 19.1 Å². The van der Waals surface area contributed by atoms with Crippen molar-refractivity contribution < 1.29 is 19.1 Å². The van der Waals surface area contributed by atoms with Crippen molar-refractivity contribution in [3.8, 4) is 0 Å². The molecule has 0 atom stereocenters. The Morgan fingerprint density at radius 1 is 0.478 bits per heavy atom. The van der Waals surface area contributed by atoms with Gasteiger partial charge in [0, 0.05) is 19.3 Å². The van der Waals surface area contributed by atoms with E-state index in [4.69, 9.17) is 20.9 Å². The molecule has 0 rings (SSSR count). The lowest BCUT2D eigenvalue weighted by atomic mass is 10.1. The predicted octanol–water partition coefficient (Wildman–Crippen LogP) is 11.5. The SMILES string of the molecule is CCCCCCCCC=CCCCCCCCC(=O)OC(N)(CCCN)OC(=O)CCCCCCCC=CCCCCCCCC. The molecular formula is C40H76N2O4. The van der Waals surface area contributed by atoms with Gasteiger partial charge in [-0.3, -0.25) is 15.3 Å². The third-order valence-electron chi connectivity index (χ3n) is 8.59. The number of unbranched alkanes of at least 4 members (excludes halogenated alkanes) is 22. The van der Waals surface area contributed by atoms with Gasteiger partial charge in [-0.25, -0.2) is 0 Å². The van der Waals surface area contributed by atoms with Crippen molar-refractivity contribution >= 4 is 11.9 Å². The van der Waals surface area contributed by atoms with Gasteiger partial charge >= 0.3 is 17.8 Å². The number of esters is 2. The third-order valence-corrected chi connectivity index (χ3v) is 8.59. The van der Waals surface area contributed by atoms with Crippen molar-refractivity contribution in [2.45, 2.75) is 212 Å². The van der Waals surface area contributed by atoms with E-state index >= 15 is 0 Å². The van der Waals surface area contributed by atoms with Crippen molar-refractivity contribution in [1.29, 1.82) is 0 Å². The molecule has 0 heterocycles. The van der Waals surface area contributed by atoms with E-state index in [-0.39, 0.29) is 19.3 Å². The van der Waals surface area contributed by atoms with Crippen LogP contribution in [0, 0.1) is 0 Å².